The Morgan fingerprint density at radius 2 is 2.17 bits per heavy atom. The molecule has 2 bridgehead atoms. The Balaban J connectivity index is 1.65. The van der Waals surface area contributed by atoms with Gasteiger partial charge in [-0.05, 0) is 65.7 Å². The van der Waals surface area contributed by atoms with Gasteiger partial charge in [0.25, 0.3) is 0 Å². The maximum atomic E-state index is 13.5. The van der Waals surface area contributed by atoms with Crippen molar-refractivity contribution >= 4 is 34.0 Å². The maximum Gasteiger partial charge on any atom is 0.138 e. The van der Waals surface area contributed by atoms with Gasteiger partial charge in [-0.25, -0.2) is 4.39 Å². The summed E-state index contributed by atoms with van der Waals surface area (Å²) in [6.07, 6.45) is 5.54. The van der Waals surface area contributed by atoms with Crippen LogP contribution in [0.3, 0.4) is 0 Å². The van der Waals surface area contributed by atoms with Gasteiger partial charge >= 0.3 is 0 Å². The number of rotatable bonds is 3. The lowest BCUT2D eigenvalue weighted by Gasteiger charge is -2.23. The van der Waals surface area contributed by atoms with E-state index in [1.807, 2.05) is 22.6 Å². The molecule has 0 radical (unpaired) electrons. The van der Waals surface area contributed by atoms with E-state index in [2.05, 4.69) is 5.32 Å². The van der Waals surface area contributed by atoms with Crippen LogP contribution in [0.1, 0.15) is 25.7 Å². The van der Waals surface area contributed by atoms with Gasteiger partial charge in [-0.15, -0.1) is 0 Å². The molecule has 3 rings (SSSR count). The Morgan fingerprint density at radius 1 is 1.33 bits per heavy atom. The molecule has 2 aliphatic rings. The van der Waals surface area contributed by atoms with Crippen LogP contribution in [0.2, 0.25) is 0 Å². The average molecular weight is 360 g/mol. The molecule has 3 unspecified atom stereocenters. The second-order valence-electron chi connectivity index (χ2n) is 5.67. The summed E-state index contributed by atoms with van der Waals surface area (Å²) in [6.45, 7) is 0.936. The number of anilines is 2. The lowest BCUT2D eigenvalue weighted by Crippen LogP contribution is -2.20. The molecule has 3 atom stereocenters. The molecule has 0 spiro atoms. The Morgan fingerprint density at radius 3 is 2.83 bits per heavy atom. The van der Waals surface area contributed by atoms with Crippen LogP contribution >= 0.6 is 22.6 Å². The Labute approximate surface area is 121 Å². The summed E-state index contributed by atoms with van der Waals surface area (Å²) in [5.74, 6) is 2.40. The first-order chi connectivity index (χ1) is 8.63. The van der Waals surface area contributed by atoms with Gasteiger partial charge in [0.1, 0.15) is 5.82 Å². The number of nitrogens with one attached hydrogen (secondary N) is 1. The second-order valence-corrected chi connectivity index (χ2v) is 6.83. The highest BCUT2D eigenvalue weighted by Gasteiger charge is 2.39. The Kier molecular flexibility index (Phi) is 3.38. The van der Waals surface area contributed by atoms with Crippen LogP contribution < -0.4 is 11.1 Å². The number of benzene rings is 1. The molecule has 0 heterocycles. The number of halogens is 2. The van der Waals surface area contributed by atoms with E-state index < -0.39 is 0 Å². The van der Waals surface area contributed by atoms with Crippen LogP contribution in [0.5, 0.6) is 0 Å². The highest BCUT2D eigenvalue weighted by atomic mass is 127. The Bertz CT molecular complexity index is 463. The summed E-state index contributed by atoms with van der Waals surface area (Å²) in [6, 6.07) is 3.21. The molecule has 2 saturated carbocycles. The van der Waals surface area contributed by atoms with Gasteiger partial charge < -0.3 is 11.1 Å². The minimum atomic E-state index is -0.194. The summed E-state index contributed by atoms with van der Waals surface area (Å²) in [5.41, 5.74) is 7.31. The molecule has 4 heteroatoms. The first kappa shape index (κ1) is 12.5. The zero-order chi connectivity index (χ0) is 12.7. The SMILES string of the molecule is Nc1cc(I)c(F)cc1NCC1CC2CCC1C2. The fourth-order valence-corrected chi connectivity index (χ4v) is 4.07. The zero-order valence-corrected chi connectivity index (χ0v) is 12.4. The molecule has 1 aromatic rings. The summed E-state index contributed by atoms with van der Waals surface area (Å²) < 4.78 is 14.1. The second kappa shape index (κ2) is 4.87. The van der Waals surface area contributed by atoms with Gasteiger partial charge in [-0.2, -0.15) is 0 Å². The molecule has 98 valence electrons. The fraction of sp³-hybridized carbons (Fsp3) is 0.571. The monoisotopic (exact) mass is 360 g/mol. The van der Waals surface area contributed by atoms with Gasteiger partial charge in [0, 0.05) is 12.6 Å². The molecule has 2 aliphatic carbocycles. The number of nitrogens with two attached hydrogens (primary N) is 1. The predicted octanol–water partition coefficient (Wildman–Crippen LogP) is 3.86. The predicted molar refractivity (Wildman–Crippen MR) is 81.0 cm³/mol. The first-order valence-corrected chi connectivity index (χ1v) is 7.69. The van der Waals surface area contributed by atoms with Crippen LogP contribution in [-0.4, -0.2) is 6.54 Å². The minimum absolute atomic E-state index is 0.194. The van der Waals surface area contributed by atoms with E-state index in [1.165, 1.54) is 31.7 Å². The lowest BCUT2D eigenvalue weighted by atomic mass is 9.89. The van der Waals surface area contributed by atoms with Crippen LogP contribution in [0.25, 0.3) is 0 Å². The van der Waals surface area contributed by atoms with E-state index in [0.29, 0.717) is 9.26 Å². The molecule has 0 amide bonds. The van der Waals surface area contributed by atoms with E-state index in [1.54, 1.807) is 6.07 Å². The third kappa shape index (κ3) is 2.31. The van der Waals surface area contributed by atoms with Crippen molar-refractivity contribution in [1.29, 1.82) is 0 Å². The molecule has 3 N–H and O–H groups in total. The zero-order valence-electron chi connectivity index (χ0n) is 10.3. The van der Waals surface area contributed by atoms with Crippen molar-refractivity contribution in [2.24, 2.45) is 17.8 Å². The highest BCUT2D eigenvalue weighted by Crippen LogP contribution is 2.48. The summed E-state index contributed by atoms with van der Waals surface area (Å²) in [4.78, 5) is 0. The van der Waals surface area contributed by atoms with Crippen molar-refractivity contribution in [2.45, 2.75) is 25.7 Å². The van der Waals surface area contributed by atoms with E-state index >= 15 is 0 Å². The molecule has 18 heavy (non-hydrogen) atoms. The molecule has 1 aromatic carbocycles. The van der Waals surface area contributed by atoms with Crippen molar-refractivity contribution in [3.63, 3.8) is 0 Å². The largest absolute Gasteiger partial charge is 0.397 e. The standard InChI is InChI=1S/C14H18FIN2/c15-11-5-14(13(17)6-12(11)16)18-7-10-4-8-1-2-9(10)3-8/h5-6,8-10,18H,1-4,7,17H2. The summed E-state index contributed by atoms with van der Waals surface area (Å²) >= 11 is 1.97. The number of hydrogen-bond donors (Lipinski definition) is 2. The molecular weight excluding hydrogens is 342 g/mol. The van der Waals surface area contributed by atoms with Crippen molar-refractivity contribution in [3.8, 4) is 0 Å². The van der Waals surface area contributed by atoms with Gasteiger partial charge in [-0.3, -0.25) is 0 Å². The smallest absolute Gasteiger partial charge is 0.138 e. The van der Waals surface area contributed by atoms with Gasteiger partial charge in [-0.1, -0.05) is 6.42 Å². The normalized spacial score (nSPS) is 29.8. The fourth-order valence-electron chi connectivity index (χ4n) is 3.58. The summed E-state index contributed by atoms with van der Waals surface area (Å²) in [5, 5.41) is 3.34. The maximum absolute atomic E-state index is 13.5. The molecule has 2 nitrogen and oxygen atoms in total. The van der Waals surface area contributed by atoms with Crippen molar-refractivity contribution < 1.29 is 4.39 Å². The van der Waals surface area contributed by atoms with E-state index in [-0.39, 0.29) is 5.82 Å². The van der Waals surface area contributed by atoms with Crippen molar-refractivity contribution in [1.82, 2.24) is 0 Å². The van der Waals surface area contributed by atoms with Crippen LogP contribution in [0.15, 0.2) is 12.1 Å². The van der Waals surface area contributed by atoms with Crippen molar-refractivity contribution in [2.75, 3.05) is 17.6 Å². The number of hydrogen-bond acceptors (Lipinski definition) is 2. The number of fused-ring (bicyclic) bond motifs is 2. The quantitative estimate of drug-likeness (QED) is 0.635. The topological polar surface area (TPSA) is 38.0 Å². The van der Waals surface area contributed by atoms with Crippen LogP contribution in [-0.2, 0) is 0 Å². The minimum Gasteiger partial charge on any atom is -0.397 e. The highest BCUT2D eigenvalue weighted by molar-refractivity contribution is 14.1. The van der Waals surface area contributed by atoms with Gasteiger partial charge in [0.15, 0.2) is 0 Å². The molecular formula is C14H18FIN2. The van der Waals surface area contributed by atoms with Gasteiger partial charge in [0.05, 0.1) is 14.9 Å². The van der Waals surface area contributed by atoms with E-state index in [0.717, 1.165) is 30.0 Å². The average Bonchev–Trinajstić information content (AvgIpc) is 2.94. The lowest BCUT2D eigenvalue weighted by molar-refractivity contribution is 0.348. The molecule has 2 fully saturated rings. The number of nitrogen functional groups attached to an aromatic ring is 1. The molecule has 0 saturated heterocycles. The molecule has 0 aromatic heterocycles. The molecule has 0 aliphatic heterocycles. The first-order valence-electron chi connectivity index (χ1n) is 6.62. The van der Waals surface area contributed by atoms with Gasteiger partial charge in [0.2, 0.25) is 0 Å². The van der Waals surface area contributed by atoms with Crippen LogP contribution in [0.4, 0.5) is 15.8 Å². The van der Waals surface area contributed by atoms with Crippen LogP contribution in [0, 0.1) is 27.1 Å². The summed E-state index contributed by atoms with van der Waals surface area (Å²) in [7, 11) is 0. The van der Waals surface area contributed by atoms with Crippen molar-refractivity contribution in [3.05, 3.63) is 21.5 Å². The van der Waals surface area contributed by atoms with E-state index in [9.17, 15) is 4.39 Å². The third-order valence-corrected chi connectivity index (χ3v) is 5.36. The third-order valence-electron chi connectivity index (χ3n) is 4.53. The Hall–Kier alpha value is -0.520. The van der Waals surface area contributed by atoms with E-state index in [4.69, 9.17) is 5.73 Å².